The Hall–Kier alpha value is -1.07. The monoisotopic (exact) mass is 300 g/mol. The van der Waals surface area contributed by atoms with Crippen LogP contribution in [0.3, 0.4) is 0 Å². The quantitative estimate of drug-likeness (QED) is 0.876. The molecule has 0 fully saturated rings. The van der Waals surface area contributed by atoms with Crippen LogP contribution < -0.4 is 10.9 Å². The molecule has 0 aliphatic heterocycles. The zero-order valence-electron chi connectivity index (χ0n) is 13.2. The molecule has 20 heavy (non-hydrogen) atoms. The fourth-order valence-corrected chi connectivity index (χ4v) is 1.75. The molecule has 0 amide bonds. The maximum Gasteiger partial charge on any atom is 0.287 e. The number of halogens is 1. The summed E-state index contributed by atoms with van der Waals surface area (Å²) in [7, 11) is 4.03. The van der Waals surface area contributed by atoms with Gasteiger partial charge in [0.2, 0.25) is 0 Å². The molecule has 0 saturated carbocycles. The number of anilines is 1. The van der Waals surface area contributed by atoms with E-state index in [1.165, 1.54) is 4.68 Å². The van der Waals surface area contributed by atoms with Gasteiger partial charge in [0.15, 0.2) is 0 Å². The summed E-state index contributed by atoms with van der Waals surface area (Å²) in [5, 5.41) is 7.58. The van der Waals surface area contributed by atoms with Crippen LogP contribution in [0, 0.1) is 5.92 Å². The Kier molecular flexibility index (Phi) is 5.59. The molecule has 5 nitrogen and oxygen atoms in total. The van der Waals surface area contributed by atoms with Gasteiger partial charge in [-0.1, -0.05) is 25.4 Å². The second kappa shape index (κ2) is 6.59. The molecule has 1 aromatic heterocycles. The van der Waals surface area contributed by atoms with Gasteiger partial charge in [-0.2, -0.15) is 5.10 Å². The van der Waals surface area contributed by atoms with E-state index >= 15 is 0 Å². The van der Waals surface area contributed by atoms with Crippen LogP contribution in [-0.2, 0) is 6.54 Å². The van der Waals surface area contributed by atoms with Gasteiger partial charge in [0.05, 0.1) is 11.9 Å². The second-order valence-electron chi connectivity index (χ2n) is 6.31. The number of hydrogen-bond donors (Lipinski definition) is 1. The van der Waals surface area contributed by atoms with E-state index in [0.29, 0.717) is 24.7 Å². The van der Waals surface area contributed by atoms with Gasteiger partial charge in [-0.15, -0.1) is 0 Å². The van der Waals surface area contributed by atoms with Crippen molar-refractivity contribution < 1.29 is 0 Å². The predicted molar refractivity (Wildman–Crippen MR) is 84.6 cm³/mol. The zero-order valence-corrected chi connectivity index (χ0v) is 14.0. The van der Waals surface area contributed by atoms with Crippen LogP contribution in [0.1, 0.15) is 27.7 Å². The third-order valence-electron chi connectivity index (χ3n) is 3.45. The lowest BCUT2D eigenvalue weighted by Crippen LogP contribution is -2.44. The van der Waals surface area contributed by atoms with Crippen LogP contribution in [0.15, 0.2) is 11.0 Å². The molecule has 0 atom stereocenters. The van der Waals surface area contributed by atoms with Crippen molar-refractivity contribution in [1.82, 2.24) is 14.7 Å². The van der Waals surface area contributed by atoms with Gasteiger partial charge < -0.3 is 10.2 Å². The second-order valence-corrected chi connectivity index (χ2v) is 6.69. The first-order chi connectivity index (χ1) is 9.15. The summed E-state index contributed by atoms with van der Waals surface area (Å²) in [6, 6.07) is 0. The molecular formula is C14H25ClN4O. The summed E-state index contributed by atoms with van der Waals surface area (Å²) < 4.78 is 1.41. The number of hydrogen-bond acceptors (Lipinski definition) is 4. The van der Waals surface area contributed by atoms with E-state index in [9.17, 15) is 4.79 Å². The molecule has 1 heterocycles. The average Bonchev–Trinajstić information content (AvgIpc) is 2.33. The predicted octanol–water partition coefficient (Wildman–Crippen LogP) is 2.30. The van der Waals surface area contributed by atoms with Gasteiger partial charge in [-0.25, -0.2) is 4.68 Å². The first-order valence-electron chi connectivity index (χ1n) is 6.82. The Balaban J connectivity index is 2.89. The highest BCUT2D eigenvalue weighted by atomic mass is 35.5. The Bertz CT molecular complexity index is 508. The molecule has 1 N–H and O–H groups in total. The molecule has 0 unspecified atom stereocenters. The Labute approximate surface area is 125 Å². The van der Waals surface area contributed by atoms with Gasteiger partial charge in [0.1, 0.15) is 5.02 Å². The van der Waals surface area contributed by atoms with Crippen molar-refractivity contribution in [1.29, 1.82) is 0 Å². The van der Waals surface area contributed by atoms with Crippen LogP contribution in [0.5, 0.6) is 0 Å². The first kappa shape index (κ1) is 17.0. The summed E-state index contributed by atoms with van der Waals surface area (Å²) in [5.74, 6) is 0.350. The lowest BCUT2D eigenvalue weighted by Gasteiger charge is -2.33. The first-order valence-corrected chi connectivity index (χ1v) is 7.20. The highest BCUT2D eigenvalue weighted by molar-refractivity contribution is 6.32. The number of nitrogens with one attached hydrogen (secondary N) is 1. The maximum atomic E-state index is 12.1. The van der Waals surface area contributed by atoms with Gasteiger partial charge in [-0.3, -0.25) is 4.79 Å². The van der Waals surface area contributed by atoms with Crippen LogP contribution in [-0.4, -0.2) is 40.9 Å². The largest absolute Gasteiger partial charge is 0.381 e. The third kappa shape index (κ3) is 4.21. The van der Waals surface area contributed by atoms with Crippen molar-refractivity contribution in [2.75, 3.05) is 26.0 Å². The highest BCUT2D eigenvalue weighted by Gasteiger charge is 2.21. The fourth-order valence-electron chi connectivity index (χ4n) is 1.53. The van der Waals surface area contributed by atoms with Gasteiger partial charge in [-0.05, 0) is 33.9 Å². The van der Waals surface area contributed by atoms with Crippen LogP contribution in [0.4, 0.5) is 5.69 Å². The van der Waals surface area contributed by atoms with Crippen molar-refractivity contribution in [3.63, 3.8) is 0 Å². The van der Waals surface area contributed by atoms with Crippen molar-refractivity contribution in [2.45, 2.75) is 39.8 Å². The van der Waals surface area contributed by atoms with E-state index in [-0.39, 0.29) is 16.1 Å². The van der Waals surface area contributed by atoms with Crippen LogP contribution in [0.2, 0.25) is 5.02 Å². The lowest BCUT2D eigenvalue weighted by atomic mass is 10.0. The van der Waals surface area contributed by atoms with Crippen LogP contribution in [0.25, 0.3) is 0 Å². The molecule has 0 bridgehead atoms. The Morgan fingerprint density at radius 1 is 1.45 bits per heavy atom. The molecule has 0 aromatic carbocycles. The zero-order chi connectivity index (χ0) is 15.5. The van der Waals surface area contributed by atoms with E-state index in [1.54, 1.807) is 6.20 Å². The van der Waals surface area contributed by atoms with Crippen molar-refractivity contribution >= 4 is 17.3 Å². The van der Waals surface area contributed by atoms with E-state index in [1.807, 2.05) is 27.9 Å². The SMILES string of the molecule is CC(C)Cn1ncc(NCC(C)(C)N(C)C)c(Cl)c1=O. The molecule has 0 aliphatic carbocycles. The smallest absolute Gasteiger partial charge is 0.287 e. The minimum atomic E-state index is -0.243. The highest BCUT2D eigenvalue weighted by Crippen LogP contribution is 2.18. The van der Waals surface area contributed by atoms with Crippen molar-refractivity contribution in [3.05, 3.63) is 21.6 Å². The molecule has 0 aliphatic rings. The molecule has 1 rings (SSSR count). The standard InChI is InChI=1S/C14H25ClN4O/c1-10(2)8-19-13(20)12(15)11(7-17-19)16-9-14(3,4)18(5)6/h7,10,16H,8-9H2,1-6H3. The van der Waals surface area contributed by atoms with Gasteiger partial charge >= 0.3 is 0 Å². The van der Waals surface area contributed by atoms with E-state index in [4.69, 9.17) is 11.6 Å². The molecule has 1 aromatic rings. The Morgan fingerprint density at radius 2 is 2.05 bits per heavy atom. The number of likely N-dealkylation sites (N-methyl/N-ethyl adjacent to an activating group) is 1. The number of rotatable bonds is 6. The molecule has 0 radical (unpaired) electrons. The number of nitrogens with zero attached hydrogens (tertiary/aromatic N) is 3. The van der Waals surface area contributed by atoms with E-state index < -0.39 is 0 Å². The summed E-state index contributed by atoms with van der Waals surface area (Å²) >= 11 is 6.14. The lowest BCUT2D eigenvalue weighted by molar-refractivity contribution is 0.210. The Morgan fingerprint density at radius 3 is 2.55 bits per heavy atom. The van der Waals surface area contributed by atoms with E-state index in [0.717, 1.165) is 0 Å². The maximum absolute atomic E-state index is 12.1. The fraction of sp³-hybridized carbons (Fsp3) is 0.714. The molecule has 114 valence electrons. The van der Waals surface area contributed by atoms with Crippen LogP contribution >= 0.6 is 11.6 Å². The number of aromatic nitrogens is 2. The molecule has 6 heteroatoms. The summed E-state index contributed by atoms with van der Waals surface area (Å²) in [6.45, 7) is 9.54. The summed E-state index contributed by atoms with van der Waals surface area (Å²) in [6.07, 6.45) is 1.62. The van der Waals surface area contributed by atoms with E-state index in [2.05, 4.69) is 29.2 Å². The van der Waals surface area contributed by atoms with Crippen molar-refractivity contribution in [2.24, 2.45) is 5.92 Å². The van der Waals surface area contributed by atoms with Gasteiger partial charge in [0.25, 0.3) is 5.56 Å². The van der Waals surface area contributed by atoms with Gasteiger partial charge in [0, 0.05) is 18.6 Å². The molecular weight excluding hydrogens is 276 g/mol. The minimum Gasteiger partial charge on any atom is -0.381 e. The molecule has 0 saturated heterocycles. The summed E-state index contributed by atoms with van der Waals surface area (Å²) in [4.78, 5) is 14.2. The molecule has 0 spiro atoms. The topological polar surface area (TPSA) is 50.2 Å². The van der Waals surface area contributed by atoms with Crippen molar-refractivity contribution in [3.8, 4) is 0 Å². The third-order valence-corrected chi connectivity index (χ3v) is 3.81. The summed E-state index contributed by atoms with van der Waals surface area (Å²) in [5.41, 5.74) is 0.301. The normalized spacial score (nSPS) is 12.2. The average molecular weight is 301 g/mol. The minimum absolute atomic E-state index is 0.0455.